The predicted octanol–water partition coefficient (Wildman–Crippen LogP) is 2.76. The standard InChI is InChI=1S/C20H20FN7O/c1-12(2)28-16(5-7-24-28)20(29)26-9-6-14-18(23-11-22-14)19(26)15-10-17-13(21)4-3-8-27(17)25-15/h3-5,7-8,10-12,19H,6,9H2,1-2H3,(H,22,23)/t19-/m1/s1. The SMILES string of the molecule is CC(C)n1nccc1C(=O)N1CCc2[nH]cnc2[C@H]1c1cc2c(F)cccn2n1. The van der Waals surface area contributed by atoms with Crippen LogP contribution in [0.1, 0.15) is 53.5 Å². The van der Waals surface area contributed by atoms with Crippen molar-refractivity contribution in [3.8, 4) is 0 Å². The van der Waals surface area contributed by atoms with Gasteiger partial charge in [0.15, 0.2) is 0 Å². The average Bonchev–Trinajstić information content (AvgIpc) is 3.44. The summed E-state index contributed by atoms with van der Waals surface area (Å²) in [6, 6.07) is 5.95. The number of rotatable bonds is 3. The van der Waals surface area contributed by atoms with E-state index in [-0.39, 0.29) is 17.8 Å². The summed E-state index contributed by atoms with van der Waals surface area (Å²) in [6.07, 6.45) is 5.61. The molecular weight excluding hydrogens is 373 g/mol. The first-order valence-corrected chi connectivity index (χ1v) is 9.55. The van der Waals surface area contributed by atoms with Crippen LogP contribution >= 0.6 is 0 Å². The molecule has 0 saturated carbocycles. The zero-order valence-electron chi connectivity index (χ0n) is 16.1. The molecule has 1 aliphatic rings. The van der Waals surface area contributed by atoms with Crippen LogP contribution in [0.25, 0.3) is 5.52 Å². The fourth-order valence-corrected chi connectivity index (χ4v) is 3.97. The molecule has 148 valence electrons. The Hall–Kier alpha value is -3.49. The Morgan fingerprint density at radius 3 is 3.00 bits per heavy atom. The summed E-state index contributed by atoms with van der Waals surface area (Å²) in [4.78, 5) is 22.9. The van der Waals surface area contributed by atoms with Gasteiger partial charge in [0.1, 0.15) is 23.1 Å². The summed E-state index contributed by atoms with van der Waals surface area (Å²) in [5, 5.41) is 8.84. The topological polar surface area (TPSA) is 84.1 Å². The molecule has 0 spiro atoms. The van der Waals surface area contributed by atoms with E-state index >= 15 is 0 Å². The molecule has 0 fully saturated rings. The summed E-state index contributed by atoms with van der Waals surface area (Å²) >= 11 is 0. The number of aromatic nitrogens is 6. The number of amides is 1. The summed E-state index contributed by atoms with van der Waals surface area (Å²) in [7, 11) is 0. The molecule has 0 unspecified atom stereocenters. The fourth-order valence-electron chi connectivity index (χ4n) is 3.97. The third-order valence-electron chi connectivity index (χ3n) is 5.31. The van der Waals surface area contributed by atoms with Crippen molar-refractivity contribution in [2.75, 3.05) is 6.54 Å². The smallest absolute Gasteiger partial charge is 0.273 e. The molecule has 0 aromatic carbocycles. The van der Waals surface area contributed by atoms with Crippen LogP contribution in [0.15, 0.2) is 43.0 Å². The lowest BCUT2D eigenvalue weighted by Crippen LogP contribution is -2.42. The van der Waals surface area contributed by atoms with E-state index in [4.69, 9.17) is 0 Å². The Kier molecular flexibility index (Phi) is 3.97. The first-order valence-electron chi connectivity index (χ1n) is 9.55. The molecule has 1 amide bonds. The van der Waals surface area contributed by atoms with Crippen molar-refractivity contribution in [1.82, 2.24) is 34.3 Å². The number of carbonyl (C=O) groups is 1. The molecule has 5 rings (SSSR count). The second-order valence-electron chi connectivity index (χ2n) is 7.43. The van der Waals surface area contributed by atoms with Crippen LogP contribution in [0.5, 0.6) is 0 Å². The number of nitrogens with one attached hydrogen (secondary N) is 1. The molecule has 29 heavy (non-hydrogen) atoms. The van der Waals surface area contributed by atoms with Crippen LogP contribution in [-0.2, 0) is 6.42 Å². The summed E-state index contributed by atoms with van der Waals surface area (Å²) < 4.78 is 17.5. The molecule has 1 atom stereocenters. The number of halogens is 1. The normalized spacial score (nSPS) is 16.6. The van der Waals surface area contributed by atoms with E-state index in [1.807, 2.05) is 13.8 Å². The fraction of sp³-hybridized carbons (Fsp3) is 0.300. The van der Waals surface area contributed by atoms with E-state index < -0.39 is 6.04 Å². The Bertz CT molecular complexity index is 1200. The second kappa shape index (κ2) is 6.54. The van der Waals surface area contributed by atoms with E-state index in [2.05, 4.69) is 20.2 Å². The average molecular weight is 393 g/mol. The number of aromatic amines is 1. The lowest BCUT2D eigenvalue weighted by Gasteiger charge is -2.34. The molecule has 4 aromatic rings. The van der Waals surface area contributed by atoms with E-state index in [0.717, 1.165) is 11.4 Å². The van der Waals surface area contributed by atoms with E-state index in [9.17, 15) is 9.18 Å². The lowest BCUT2D eigenvalue weighted by atomic mass is 9.99. The molecule has 9 heteroatoms. The highest BCUT2D eigenvalue weighted by molar-refractivity contribution is 5.93. The number of H-pyrrole nitrogens is 1. The molecular formula is C20H20FN7O. The van der Waals surface area contributed by atoms with E-state index in [0.29, 0.717) is 29.9 Å². The van der Waals surface area contributed by atoms with Crippen LogP contribution < -0.4 is 0 Å². The lowest BCUT2D eigenvalue weighted by molar-refractivity contribution is 0.0672. The maximum absolute atomic E-state index is 14.2. The van der Waals surface area contributed by atoms with Crippen LogP contribution in [0.3, 0.4) is 0 Å². The van der Waals surface area contributed by atoms with Crippen molar-refractivity contribution in [2.45, 2.75) is 32.4 Å². The van der Waals surface area contributed by atoms with E-state index in [1.54, 1.807) is 46.5 Å². The molecule has 1 N–H and O–H groups in total. The minimum atomic E-state index is -0.507. The highest BCUT2D eigenvalue weighted by Crippen LogP contribution is 2.34. The number of carbonyl (C=O) groups excluding carboxylic acids is 1. The van der Waals surface area contributed by atoms with Gasteiger partial charge in [-0.15, -0.1) is 0 Å². The van der Waals surface area contributed by atoms with Crippen LogP contribution in [-0.4, -0.2) is 46.7 Å². The van der Waals surface area contributed by atoms with Gasteiger partial charge in [0, 0.05) is 37.1 Å². The zero-order valence-corrected chi connectivity index (χ0v) is 16.1. The highest BCUT2D eigenvalue weighted by Gasteiger charge is 2.37. The van der Waals surface area contributed by atoms with Crippen molar-refractivity contribution in [3.63, 3.8) is 0 Å². The van der Waals surface area contributed by atoms with Gasteiger partial charge in [-0.05, 0) is 38.1 Å². The molecule has 0 aliphatic carbocycles. The van der Waals surface area contributed by atoms with Crippen molar-refractivity contribution in [1.29, 1.82) is 0 Å². The second-order valence-corrected chi connectivity index (χ2v) is 7.43. The van der Waals surface area contributed by atoms with Crippen molar-refractivity contribution < 1.29 is 9.18 Å². The maximum Gasteiger partial charge on any atom is 0.273 e. The minimum Gasteiger partial charge on any atom is -0.348 e. The molecule has 0 bridgehead atoms. The van der Waals surface area contributed by atoms with Crippen molar-refractivity contribution in [3.05, 3.63) is 71.6 Å². The first-order chi connectivity index (χ1) is 14.0. The highest BCUT2D eigenvalue weighted by atomic mass is 19.1. The number of hydrogen-bond acceptors (Lipinski definition) is 4. The largest absolute Gasteiger partial charge is 0.348 e. The quantitative estimate of drug-likeness (QED) is 0.580. The number of imidazole rings is 1. The van der Waals surface area contributed by atoms with Gasteiger partial charge in [0.05, 0.1) is 17.7 Å². The van der Waals surface area contributed by atoms with Gasteiger partial charge in [0.2, 0.25) is 0 Å². The minimum absolute atomic E-state index is 0.0532. The monoisotopic (exact) mass is 393 g/mol. The van der Waals surface area contributed by atoms with Gasteiger partial charge in [-0.3, -0.25) is 9.48 Å². The zero-order chi connectivity index (χ0) is 20.1. The van der Waals surface area contributed by atoms with Gasteiger partial charge in [0.25, 0.3) is 5.91 Å². The Balaban J connectivity index is 1.63. The molecule has 5 heterocycles. The Morgan fingerprint density at radius 1 is 1.34 bits per heavy atom. The summed E-state index contributed by atoms with van der Waals surface area (Å²) in [5.41, 5.74) is 3.16. The molecule has 1 aliphatic heterocycles. The van der Waals surface area contributed by atoms with Crippen molar-refractivity contribution in [2.24, 2.45) is 0 Å². The molecule has 8 nitrogen and oxygen atoms in total. The van der Waals surface area contributed by atoms with Crippen LogP contribution in [0.2, 0.25) is 0 Å². The number of fused-ring (bicyclic) bond motifs is 2. The Morgan fingerprint density at radius 2 is 2.21 bits per heavy atom. The summed E-state index contributed by atoms with van der Waals surface area (Å²) in [5.74, 6) is -0.507. The Labute approximate surface area is 166 Å². The van der Waals surface area contributed by atoms with Crippen molar-refractivity contribution >= 4 is 11.4 Å². The summed E-state index contributed by atoms with van der Waals surface area (Å²) in [6.45, 7) is 4.46. The first kappa shape index (κ1) is 17.6. The van der Waals surface area contributed by atoms with Gasteiger partial charge in [-0.25, -0.2) is 13.9 Å². The van der Waals surface area contributed by atoms with Gasteiger partial charge < -0.3 is 9.88 Å². The van der Waals surface area contributed by atoms with Gasteiger partial charge >= 0.3 is 0 Å². The number of pyridine rings is 1. The van der Waals surface area contributed by atoms with E-state index in [1.165, 1.54) is 10.6 Å². The van der Waals surface area contributed by atoms with Gasteiger partial charge in [-0.1, -0.05) is 0 Å². The predicted molar refractivity (Wildman–Crippen MR) is 103 cm³/mol. The van der Waals surface area contributed by atoms with Gasteiger partial charge in [-0.2, -0.15) is 10.2 Å². The molecule has 0 radical (unpaired) electrons. The number of hydrogen-bond donors (Lipinski definition) is 1. The maximum atomic E-state index is 14.2. The third kappa shape index (κ3) is 2.72. The van der Waals surface area contributed by atoms with Crippen LogP contribution in [0.4, 0.5) is 4.39 Å². The van der Waals surface area contributed by atoms with Crippen LogP contribution in [0, 0.1) is 5.82 Å². The number of nitrogens with zero attached hydrogens (tertiary/aromatic N) is 6. The molecule has 4 aromatic heterocycles. The third-order valence-corrected chi connectivity index (χ3v) is 5.31. The molecule has 0 saturated heterocycles.